The van der Waals surface area contributed by atoms with E-state index in [1.54, 1.807) is 25.1 Å². The summed E-state index contributed by atoms with van der Waals surface area (Å²) in [4.78, 5) is 11.9. The largest absolute Gasteiger partial charge is 0.507 e. The van der Waals surface area contributed by atoms with E-state index < -0.39 is 0 Å². The lowest BCUT2D eigenvalue weighted by Crippen LogP contribution is -2.36. The Morgan fingerprint density at radius 3 is 2.50 bits per heavy atom. The van der Waals surface area contributed by atoms with Gasteiger partial charge in [-0.1, -0.05) is 26.0 Å². The second kappa shape index (κ2) is 5.01. The van der Waals surface area contributed by atoms with Crippen molar-refractivity contribution in [1.29, 1.82) is 0 Å². The van der Waals surface area contributed by atoms with E-state index in [1.165, 1.54) is 0 Å². The summed E-state index contributed by atoms with van der Waals surface area (Å²) < 4.78 is 0. The topological polar surface area (TPSA) is 49.3 Å². The number of hydrogen-bond acceptors (Lipinski definition) is 2. The quantitative estimate of drug-likeness (QED) is 0.823. The molecule has 3 nitrogen and oxygen atoms in total. The molecule has 1 rings (SSSR count). The number of carbonyl (C=O) groups excluding carboxylic acids is 1. The third kappa shape index (κ3) is 2.75. The van der Waals surface area contributed by atoms with Gasteiger partial charge >= 0.3 is 0 Å². The van der Waals surface area contributed by atoms with Crippen LogP contribution in [-0.4, -0.2) is 17.1 Å². The molecule has 0 saturated carbocycles. The number of para-hydroxylation sites is 1. The number of rotatable bonds is 3. The molecule has 0 fully saturated rings. The Balaban J connectivity index is 2.85. The molecule has 0 aliphatic heterocycles. The Kier molecular flexibility index (Phi) is 3.93. The van der Waals surface area contributed by atoms with Crippen LogP contribution in [0.1, 0.15) is 36.7 Å². The number of hydrogen-bond donors (Lipinski definition) is 2. The summed E-state index contributed by atoms with van der Waals surface area (Å²) in [7, 11) is 0. The average molecular weight is 221 g/mol. The number of phenolic OH excluding ortho intramolecular Hbond substituents is 1. The molecular weight excluding hydrogens is 202 g/mol. The molecule has 0 radical (unpaired) electrons. The summed E-state index contributed by atoms with van der Waals surface area (Å²) >= 11 is 0. The molecule has 0 aliphatic carbocycles. The highest BCUT2D eigenvalue weighted by Crippen LogP contribution is 2.21. The zero-order chi connectivity index (χ0) is 12.3. The highest BCUT2D eigenvalue weighted by molar-refractivity contribution is 5.97. The normalized spacial score (nSPS) is 12.6. The number of aromatic hydroxyl groups is 1. The van der Waals surface area contributed by atoms with Gasteiger partial charge in [-0.3, -0.25) is 4.79 Å². The molecule has 1 unspecified atom stereocenters. The monoisotopic (exact) mass is 221 g/mol. The van der Waals surface area contributed by atoms with Gasteiger partial charge in [-0.15, -0.1) is 0 Å². The molecular formula is C13H19NO2. The molecule has 0 spiro atoms. The first kappa shape index (κ1) is 12.6. The van der Waals surface area contributed by atoms with Gasteiger partial charge in [0.15, 0.2) is 0 Å². The molecule has 0 aliphatic rings. The molecule has 3 heteroatoms. The lowest BCUT2D eigenvalue weighted by molar-refractivity contribution is 0.0927. The van der Waals surface area contributed by atoms with E-state index in [4.69, 9.17) is 0 Å². The van der Waals surface area contributed by atoms with Crippen LogP contribution in [0, 0.1) is 12.8 Å². The minimum Gasteiger partial charge on any atom is -0.507 e. The van der Waals surface area contributed by atoms with Gasteiger partial charge in [0.25, 0.3) is 5.91 Å². The first-order chi connectivity index (χ1) is 7.43. The average Bonchev–Trinajstić information content (AvgIpc) is 2.21. The van der Waals surface area contributed by atoms with Crippen molar-refractivity contribution >= 4 is 5.91 Å². The molecule has 88 valence electrons. The molecule has 1 aromatic rings. The van der Waals surface area contributed by atoms with E-state index in [0.717, 1.165) is 0 Å². The molecule has 0 aromatic heterocycles. The van der Waals surface area contributed by atoms with E-state index in [2.05, 4.69) is 5.32 Å². The van der Waals surface area contributed by atoms with Crippen LogP contribution in [0.15, 0.2) is 18.2 Å². The molecule has 1 atom stereocenters. The molecule has 0 heterocycles. The second-order valence-electron chi connectivity index (χ2n) is 4.48. The first-order valence-corrected chi connectivity index (χ1v) is 5.53. The fourth-order valence-electron chi connectivity index (χ4n) is 1.29. The van der Waals surface area contributed by atoms with Gasteiger partial charge in [-0.25, -0.2) is 0 Å². The molecule has 0 saturated heterocycles. The van der Waals surface area contributed by atoms with E-state index in [9.17, 15) is 9.90 Å². The van der Waals surface area contributed by atoms with E-state index in [0.29, 0.717) is 17.0 Å². The van der Waals surface area contributed by atoms with Crippen molar-refractivity contribution in [2.45, 2.75) is 33.7 Å². The van der Waals surface area contributed by atoms with Crippen LogP contribution in [-0.2, 0) is 0 Å². The van der Waals surface area contributed by atoms with Crippen molar-refractivity contribution in [3.8, 4) is 5.75 Å². The molecule has 2 N–H and O–H groups in total. The van der Waals surface area contributed by atoms with Crippen LogP contribution in [0.25, 0.3) is 0 Å². The second-order valence-corrected chi connectivity index (χ2v) is 4.48. The summed E-state index contributed by atoms with van der Waals surface area (Å²) in [5.41, 5.74) is 1.05. The molecule has 0 bridgehead atoms. The SMILES string of the molecule is Cc1cccc(C(=O)NC(C)C(C)C)c1O. The summed E-state index contributed by atoms with van der Waals surface area (Å²) in [5.74, 6) is 0.217. The van der Waals surface area contributed by atoms with Crippen LogP contribution in [0.2, 0.25) is 0 Å². The van der Waals surface area contributed by atoms with E-state index in [1.807, 2.05) is 20.8 Å². The fraction of sp³-hybridized carbons (Fsp3) is 0.462. The third-order valence-corrected chi connectivity index (χ3v) is 2.84. The Hall–Kier alpha value is -1.51. The van der Waals surface area contributed by atoms with Crippen molar-refractivity contribution in [3.63, 3.8) is 0 Å². The van der Waals surface area contributed by atoms with Gasteiger partial charge in [-0.2, -0.15) is 0 Å². The van der Waals surface area contributed by atoms with Gasteiger partial charge in [0.1, 0.15) is 5.75 Å². The highest BCUT2D eigenvalue weighted by atomic mass is 16.3. The molecule has 16 heavy (non-hydrogen) atoms. The van der Waals surface area contributed by atoms with Gasteiger partial charge in [0, 0.05) is 6.04 Å². The number of amides is 1. The maximum absolute atomic E-state index is 11.9. The molecule has 1 aromatic carbocycles. The minimum atomic E-state index is -0.220. The third-order valence-electron chi connectivity index (χ3n) is 2.84. The van der Waals surface area contributed by atoms with Crippen molar-refractivity contribution in [2.24, 2.45) is 5.92 Å². The van der Waals surface area contributed by atoms with Crippen molar-refractivity contribution < 1.29 is 9.90 Å². The first-order valence-electron chi connectivity index (χ1n) is 5.53. The standard InChI is InChI=1S/C13H19NO2/c1-8(2)10(4)14-13(16)11-7-5-6-9(3)12(11)15/h5-8,10,15H,1-4H3,(H,14,16). The number of carbonyl (C=O) groups is 1. The van der Waals surface area contributed by atoms with Crippen LogP contribution in [0.5, 0.6) is 5.75 Å². The van der Waals surface area contributed by atoms with Gasteiger partial charge in [-0.05, 0) is 31.4 Å². The van der Waals surface area contributed by atoms with E-state index >= 15 is 0 Å². The van der Waals surface area contributed by atoms with E-state index in [-0.39, 0.29) is 17.7 Å². The summed E-state index contributed by atoms with van der Waals surface area (Å²) in [6, 6.07) is 5.26. The number of nitrogens with one attached hydrogen (secondary N) is 1. The Bertz CT molecular complexity index is 386. The van der Waals surface area contributed by atoms with Crippen LogP contribution in [0.4, 0.5) is 0 Å². The van der Waals surface area contributed by atoms with Crippen LogP contribution >= 0.6 is 0 Å². The van der Waals surface area contributed by atoms with Gasteiger partial charge < -0.3 is 10.4 Å². The van der Waals surface area contributed by atoms with Crippen molar-refractivity contribution in [1.82, 2.24) is 5.32 Å². The fourth-order valence-corrected chi connectivity index (χ4v) is 1.29. The summed E-state index contributed by atoms with van der Waals surface area (Å²) in [6.45, 7) is 7.81. The maximum Gasteiger partial charge on any atom is 0.255 e. The van der Waals surface area contributed by atoms with Gasteiger partial charge in [0.2, 0.25) is 0 Å². The number of benzene rings is 1. The van der Waals surface area contributed by atoms with Crippen LogP contribution in [0.3, 0.4) is 0 Å². The minimum absolute atomic E-state index is 0.0657. The number of phenols is 1. The van der Waals surface area contributed by atoms with Crippen molar-refractivity contribution in [2.75, 3.05) is 0 Å². The lowest BCUT2D eigenvalue weighted by Gasteiger charge is -2.18. The lowest BCUT2D eigenvalue weighted by atomic mass is 10.0. The maximum atomic E-state index is 11.9. The Labute approximate surface area is 96.5 Å². The summed E-state index contributed by atoms with van der Waals surface area (Å²) in [6.07, 6.45) is 0. The Morgan fingerprint density at radius 2 is 1.94 bits per heavy atom. The zero-order valence-electron chi connectivity index (χ0n) is 10.2. The highest BCUT2D eigenvalue weighted by Gasteiger charge is 2.16. The number of aryl methyl sites for hydroxylation is 1. The predicted molar refractivity (Wildman–Crippen MR) is 64.6 cm³/mol. The zero-order valence-corrected chi connectivity index (χ0v) is 10.2. The smallest absolute Gasteiger partial charge is 0.255 e. The van der Waals surface area contributed by atoms with Gasteiger partial charge in [0.05, 0.1) is 5.56 Å². The molecule has 1 amide bonds. The predicted octanol–water partition coefficient (Wildman–Crippen LogP) is 2.47. The summed E-state index contributed by atoms with van der Waals surface area (Å²) in [5, 5.41) is 12.6. The van der Waals surface area contributed by atoms with Crippen molar-refractivity contribution in [3.05, 3.63) is 29.3 Å². The Morgan fingerprint density at radius 1 is 1.31 bits per heavy atom. The van der Waals surface area contributed by atoms with Crippen LogP contribution < -0.4 is 5.32 Å².